The molecule has 1 fully saturated rings. The van der Waals surface area contributed by atoms with Gasteiger partial charge in [0.05, 0.1) is 0 Å². The minimum atomic E-state index is 0.520. The van der Waals surface area contributed by atoms with Crippen molar-refractivity contribution in [2.24, 2.45) is 7.05 Å². The number of aromatic nitrogens is 3. The van der Waals surface area contributed by atoms with Gasteiger partial charge in [0.15, 0.2) is 4.77 Å². The Morgan fingerprint density at radius 3 is 3.00 bits per heavy atom. The van der Waals surface area contributed by atoms with Crippen molar-refractivity contribution >= 4 is 12.2 Å². The fraction of sp³-hybridized carbons (Fsp3) is 0.750. The molecule has 0 spiro atoms. The highest BCUT2D eigenvalue weighted by molar-refractivity contribution is 7.71. The summed E-state index contributed by atoms with van der Waals surface area (Å²) in [4.78, 5) is 0. The zero-order valence-electron chi connectivity index (χ0n) is 7.71. The van der Waals surface area contributed by atoms with Crippen molar-refractivity contribution in [3.63, 3.8) is 0 Å². The van der Waals surface area contributed by atoms with E-state index in [1.165, 1.54) is 12.8 Å². The highest BCUT2D eigenvalue weighted by atomic mass is 32.1. The van der Waals surface area contributed by atoms with Gasteiger partial charge < -0.3 is 9.88 Å². The van der Waals surface area contributed by atoms with Gasteiger partial charge in [-0.2, -0.15) is 5.10 Å². The summed E-state index contributed by atoms with van der Waals surface area (Å²) < 4.78 is 2.67. The predicted octanol–water partition coefficient (Wildman–Crippen LogP) is 0.945. The maximum atomic E-state index is 5.07. The van der Waals surface area contributed by atoms with Gasteiger partial charge in [-0.15, -0.1) is 0 Å². The van der Waals surface area contributed by atoms with Crippen molar-refractivity contribution in [3.8, 4) is 0 Å². The van der Waals surface area contributed by atoms with Crippen LogP contribution in [0.15, 0.2) is 0 Å². The molecule has 0 unspecified atom stereocenters. The van der Waals surface area contributed by atoms with Crippen molar-refractivity contribution < 1.29 is 0 Å². The smallest absolute Gasteiger partial charge is 0.194 e. The third kappa shape index (κ3) is 1.66. The number of hydrogen-bond donors (Lipinski definition) is 2. The molecule has 1 aromatic rings. The quantitative estimate of drug-likeness (QED) is 0.660. The van der Waals surface area contributed by atoms with Crippen molar-refractivity contribution in [2.45, 2.75) is 18.8 Å². The fourth-order valence-corrected chi connectivity index (χ4v) is 1.94. The van der Waals surface area contributed by atoms with Crippen molar-refractivity contribution in [1.29, 1.82) is 0 Å². The average molecular weight is 198 g/mol. The zero-order chi connectivity index (χ0) is 9.26. The van der Waals surface area contributed by atoms with E-state index in [0.717, 1.165) is 18.9 Å². The van der Waals surface area contributed by atoms with Crippen LogP contribution >= 0.6 is 12.2 Å². The van der Waals surface area contributed by atoms with Crippen LogP contribution in [0.5, 0.6) is 0 Å². The summed E-state index contributed by atoms with van der Waals surface area (Å²) in [5.74, 6) is 1.60. The Labute approximate surface area is 82.4 Å². The van der Waals surface area contributed by atoms with Gasteiger partial charge in [0.25, 0.3) is 0 Å². The Balaban J connectivity index is 2.23. The Kier molecular flexibility index (Phi) is 2.46. The Hall–Kier alpha value is -0.680. The second-order valence-corrected chi connectivity index (χ2v) is 3.88. The van der Waals surface area contributed by atoms with Gasteiger partial charge in [0.2, 0.25) is 0 Å². The number of piperidine rings is 1. The number of hydrogen-bond acceptors (Lipinski definition) is 3. The normalized spacial score (nSPS) is 23.3. The monoisotopic (exact) mass is 198 g/mol. The molecular weight excluding hydrogens is 184 g/mol. The van der Waals surface area contributed by atoms with E-state index in [4.69, 9.17) is 12.2 Å². The van der Waals surface area contributed by atoms with Crippen LogP contribution in [-0.4, -0.2) is 27.9 Å². The van der Waals surface area contributed by atoms with E-state index in [1.807, 2.05) is 11.6 Å². The van der Waals surface area contributed by atoms with Gasteiger partial charge in [-0.25, -0.2) is 0 Å². The molecule has 0 radical (unpaired) electrons. The molecule has 0 saturated carbocycles. The lowest BCUT2D eigenvalue weighted by atomic mass is 9.99. The highest BCUT2D eigenvalue weighted by Gasteiger charge is 2.19. The SMILES string of the molecule is Cn1c([C@H]2CCCNC2)n[nH]c1=S. The predicted molar refractivity (Wildman–Crippen MR) is 53.2 cm³/mol. The molecule has 72 valence electrons. The van der Waals surface area contributed by atoms with Gasteiger partial charge in [0.1, 0.15) is 5.82 Å². The molecule has 1 aliphatic rings. The van der Waals surface area contributed by atoms with Gasteiger partial charge in [-0.1, -0.05) is 0 Å². The maximum absolute atomic E-state index is 5.07. The first kappa shape index (κ1) is 8.90. The molecule has 13 heavy (non-hydrogen) atoms. The molecule has 1 atom stereocenters. The van der Waals surface area contributed by atoms with E-state index in [9.17, 15) is 0 Å². The van der Waals surface area contributed by atoms with Crippen LogP contribution in [0.1, 0.15) is 24.6 Å². The van der Waals surface area contributed by atoms with Crippen LogP contribution < -0.4 is 5.32 Å². The van der Waals surface area contributed by atoms with E-state index in [0.29, 0.717) is 10.7 Å². The molecule has 2 rings (SSSR count). The van der Waals surface area contributed by atoms with E-state index in [1.54, 1.807) is 0 Å². The molecule has 1 aliphatic heterocycles. The number of H-pyrrole nitrogens is 1. The molecule has 2 N–H and O–H groups in total. The fourth-order valence-electron chi connectivity index (χ4n) is 1.80. The van der Waals surface area contributed by atoms with Crippen molar-refractivity contribution in [1.82, 2.24) is 20.1 Å². The molecule has 4 nitrogen and oxygen atoms in total. The average Bonchev–Trinajstić information content (AvgIpc) is 2.49. The summed E-state index contributed by atoms with van der Waals surface area (Å²) in [6, 6.07) is 0. The second kappa shape index (κ2) is 3.59. The zero-order valence-corrected chi connectivity index (χ0v) is 8.52. The number of rotatable bonds is 1. The summed E-state index contributed by atoms with van der Waals surface area (Å²) >= 11 is 5.07. The summed E-state index contributed by atoms with van der Waals surface area (Å²) in [5, 5.41) is 10.4. The van der Waals surface area contributed by atoms with E-state index in [-0.39, 0.29) is 0 Å². The maximum Gasteiger partial charge on any atom is 0.194 e. The van der Waals surface area contributed by atoms with Gasteiger partial charge >= 0.3 is 0 Å². The summed E-state index contributed by atoms with van der Waals surface area (Å²) in [6.45, 7) is 2.15. The third-order valence-corrected chi connectivity index (χ3v) is 2.94. The van der Waals surface area contributed by atoms with Crippen LogP contribution in [0.4, 0.5) is 0 Å². The lowest BCUT2D eigenvalue weighted by Crippen LogP contribution is -2.29. The second-order valence-electron chi connectivity index (χ2n) is 3.49. The minimum absolute atomic E-state index is 0.520. The van der Waals surface area contributed by atoms with E-state index in [2.05, 4.69) is 15.5 Å². The van der Waals surface area contributed by atoms with Crippen LogP contribution in [0.3, 0.4) is 0 Å². The molecule has 1 aromatic heterocycles. The van der Waals surface area contributed by atoms with Crippen molar-refractivity contribution in [3.05, 3.63) is 10.6 Å². The van der Waals surface area contributed by atoms with Crippen LogP contribution in [-0.2, 0) is 7.05 Å². The summed E-state index contributed by atoms with van der Waals surface area (Å²) in [6.07, 6.45) is 2.44. The van der Waals surface area contributed by atoms with Gasteiger partial charge in [-0.3, -0.25) is 5.10 Å². The molecule has 5 heteroatoms. The lowest BCUT2D eigenvalue weighted by Gasteiger charge is -2.21. The first-order valence-electron chi connectivity index (χ1n) is 4.61. The lowest BCUT2D eigenvalue weighted by molar-refractivity contribution is 0.438. The van der Waals surface area contributed by atoms with Crippen LogP contribution in [0, 0.1) is 4.77 Å². The van der Waals surface area contributed by atoms with Gasteiger partial charge in [-0.05, 0) is 31.6 Å². The molecule has 0 amide bonds. The molecule has 1 saturated heterocycles. The number of nitrogens with one attached hydrogen (secondary N) is 2. The van der Waals surface area contributed by atoms with E-state index < -0.39 is 0 Å². The van der Waals surface area contributed by atoms with Gasteiger partial charge in [0, 0.05) is 19.5 Å². The minimum Gasteiger partial charge on any atom is -0.316 e. The number of aromatic amines is 1. The molecule has 0 bridgehead atoms. The molecule has 2 heterocycles. The third-order valence-electron chi connectivity index (χ3n) is 2.58. The topological polar surface area (TPSA) is 45.6 Å². The van der Waals surface area contributed by atoms with Crippen LogP contribution in [0.2, 0.25) is 0 Å². The summed E-state index contributed by atoms with van der Waals surface area (Å²) in [5.41, 5.74) is 0. The molecular formula is C8H14N4S. The Bertz CT molecular complexity index is 334. The first-order valence-corrected chi connectivity index (χ1v) is 5.02. The largest absolute Gasteiger partial charge is 0.316 e. The van der Waals surface area contributed by atoms with Crippen LogP contribution in [0.25, 0.3) is 0 Å². The number of nitrogens with zero attached hydrogens (tertiary/aromatic N) is 2. The summed E-state index contributed by atoms with van der Waals surface area (Å²) in [7, 11) is 1.97. The highest BCUT2D eigenvalue weighted by Crippen LogP contribution is 2.20. The van der Waals surface area contributed by atoms with E-state index >= 15 is 0 Å². The Morgan fingerprint density at radius 2 is 2.46 bits per heavy atom. The first-order chi connectivity index (χ1) is 6.29. The molecule has 0 aliphatic carbocycles. The molecule has 0 aromatic carbocycles. The van der Waals surface area contributed by atoms with Crippen molar-refractivity contribution in [2.75, 3.05) is 13.1 Å². The standard InChI is InChI=1S/C8H14N4S/c1-12-7(10-11-8(12)13)6-3-2-4-9-5-6/h6,9H,2-5H2,1H3,(H,11,13)/t6-/m0/s1. The Morgan fingerprint density at radius 1 is 1.62 bits per heavy atom.